The van der Waals surface area contributed by atoms with Crippen LogP contribution in [-0.4, -0.2) is 17.6 Å². The monoisotopic (exact) mass is 315 g/mol. The first-order valence-electron chi connectivity index (χ1n) is 7.46. The average molecular weight is 315 g/mol. The van der Waals surface area contributed by atoms with Crippen molar-refractivity contribution in [2.24, 2.45) is 0 Å². The molecule has 2 aromatic carbocycles. The molecule has 22 heavy (non-hydrogen) atoms. The van der Waals surface area contributed by atoms with Crippen LogP contribution >= 0.6 is 11.8 Å². The molecule has 0 amide bonds. The van der Waals surface area contributed by atoms with Gasteiger partial charge in [-0.05, 0) is 43.2 Å². The van der Waals surface area contributed by atoms with Crippen molar-refractivity contribution in [3.05, 3.63) is 53.6 Å². The molecule has 0 spiro atoms. The van der Waals surface area contributed by atoms with Crippen molar-refractivity contribution in [1.82, 2.24) is 0 Å². The zero-order valence-electron chi connectivity index (χ0n) is 12.9. The number of carboxylic acid groups (broad SMARTS) is 1. The Kier molecular flexibility index (Phi) is 5.90. The van der Waals surface area contributed by atoms with Gasteiger partial charge in [-0.15, -0.1) is 0 Å². The lowest BCUT2D eigenvalue weighted by Crippen LogP contribution is -2.06. The van der Waals surface area contributed by atoms with Crippen LogP contribution < -0.4 is 5.32 Å². The molecule has 116 valence electrons. The van der Waals surface area contributed by atoms with Gasteiger partial charge in [0.25, 0.3) is 0 Å². The molecular formula is C18H21NO2S. The van der Waals surface area contributed by atoms with Crippen molar-refractivity contribution < 1.29 is 9.90 Å². The fourth-order valence-electron chi connectivity index (χ4n) is 2.17. The molecule has 0 atom stereocenters. The van der Waals surface area contributed by atoms with Gasteiger partial charge in [-0.25, -0.2) is 4.79 Å². The van der Waals surface area contributed by atoms with Crippen molar-refractivity contribution in [2.75, 3.05) is 11.9 Å². The van der Waals surface area contributed by atoms with Gasteiger partial charge in [0, 0.05) is 22.0 Å². The lowest BCUT2D eigenvalue weighted by molar-refractivity contribution is 0.0696. The Morgan fingerprint density at radius 2 is 1.95 bits per heavy atom. The van der Waals surface area contributed by atoms with E-state index < -0.39 is 5.97 Å². The number of hydrogen-bond donors (Lipinski definition) is 2. The summed E-state index contributed by atoms with van der Waals surface area (Å²) in [6.07, 6.45) is 2.16. The third-order valence-corrected chi connectivity index (χ3v) is 4.58. The van der Waals surface area contributed by atoms with Gasteiger partial charge in [-0.3, -0.25) is 0 Å². The molecule has 0 aliphatic heterocycles. The highest BCUT2D eigenvalue weighted by atomic mass is 32.2. The van der Waals surface area contributed by atoms with E-state index in [4.69, 9.17) is 0 Å². The third-order valence-electron chi connectivity index (χ3n) is 3.33. The second kappa shape index (κ2) is 7.90. The van der Waals surface area contributed by atoms with Crippen LogP contribution in [0, 0.1) is 6.92 Å². The lowest BCUT2D eigenvalue weighted by Gasteiger charge is -2.15. The van der Waals surface area contributed by atoms with Crippen LogP contribution in [0.3, 0.4) is 0 Å². The van der Waals surface area contributed by atoms with Crippen LogP contribution in [0.25, 0.3) is 0 Å². The van der Waals surface area contributed by atoms with Gasteiger partial charge >= 0.3 is 5.97 Å². The molecule has 2 rings (SSSR count). The van der Waals surface area contributed by atoms with Crippen LogP contribution in [-0.2, 0) is 0 Å². The summed E-state index contributed by atoms with van der Waals surface area (Å²) in [4.78, 5) is 13.5. The standard InChI is InChI=1S/C18H21NO2S/c1-3-4-10-19-16-12-14(18(20)21)11-13(2)17(16)22-15-8-6-5-7-9-15/h5-9,11-12,19H,3-4,10H2,1-2H3,(H,20,21). The van der Waals surface area contributed by atoms with Gasteiger partial charge in [-0.2, -0.15) is 0 Å². The van der Waals surface area contributed by atoms with Gasteiger partial charge < -0.3 is 10.4 Å². The van der Waals surface area contributed by atoms with E-state index >= 15 is 0 Å². The molecule has 0 bridgehead atoms. The van der Waals surface area contributed by atoms with E-state index in [-0.39, 0.29) is 0 Å². The summed E-state index contributed by atoms with van der Waals surface area (Å²) in [5.41, 5.74) is 2.21. The van der Waals surface area contributed by atoms with Crippen LogP contribution in [0.2, 0.25) is 0 Å². The van der Waals surface area contributed by atoms with E-state index in [0.717, 1.165) is 40.4 Å². The Hall–Kier alpha value is -1.94. The van der Waals surface area contributed by atoms with Crippen molar-refractivity contribution >= 4 is 23.4 Å². The quantitative estimate of drug-likeness (QED) is 0.701. The third kappa shape index (κ3) is 4.28. The van der Waals surface area contributed by atoms with E-state index in [1.165, 1.54) is 0 Å². The Labute approximate surface area is 135 Å². The highest BCUT2D eigenvalue weighted by Gasteiger charge is 2.13. The number of aromatic carboxylic acids is 1. The topological polar surface area (TPSA) is 49.3 Å². The Morgan fingerprint density at radius 3 is 2.59 bits per heavy atom. The van der Waals surface area contributed by atoms with Crippen molar-refractivity contribution in [1.29, 1.82) is 0 Å². The maximum atomic E-state index is 11.3. The van der Waals surface area contributed by atoms with E-state index in [2.05, 4.69) is 24.4 Å². The van der Waals surface area contributed by atoms with Gasteiger partial charge in [0.15, 0.2) is 0 Å². The number of benzene rings is 2. The second-order valence-electron chi connectivity index (χ2n) is 5.17. The first-order valence-corrected chi connectivity index (χ1v) is 8.28. The second-order valence-corrected chi connectivity index (χ2v) is 6.25. The minimum Gasteiger partial charge on any atom is -0.478 e. The maximum absolute atomic E-state index is 11.3. The molecule has 0 aliphatic rings. The molecule has 0 aromatic heterocycles. The van der Waals surface area contributed by atoms with Crippen LogP contribution in [0.5, 0.6) is 0 Å². The summed E-state index contributed by atoms with van der Waals surface area (Å²) in [5.74, 6) is -0.891. The van der Waals surface area contributed by atoms with Crippen molar-refractivity contribution in [2.45, 2.75) is 36.5 Å². The van der Waals surface area contributed by atoms with Crippen molar-refractivity contribution in [3.8, 4) is 0 Å². The number of rotatable bonds is 7. The molecule has 0 radical (unpaired) electrons. The zero-order chi connectivity index (χ0) is 15.9. The molecule has 0 heterocycles. The number of hydrogen-bond acceptors (Lipinski definition) is 3. The van der Waals surface area contributed by atoms with Crippen LogP contribution in [0.15, 0.2) is 52.3 Å². The number of carbonyl (C=O) groups is 1. The summed E-state index contributed by atoms with van der Waals surface area (Å²) >= 11 is 1.66. The molecule has 0 saturated carbocycles. The molecule has 3 nitrogen and oxygen atoms in total. The van der Waals surface area contributed by atoms with Gasteiger partial charge in [-0.1, -0.05) is 43.3 Å². The molecule has 2 N–H and O–H groups in total. The highest BCUT2D eigenvalue weighted by molar-refractivity contribution is 7.99. The fourth-order valence-corrected chi connectivity index (χ4v) is 3.16. The fraction of sp³-hybridized carbons (Fsp3) is 0.278. The molecule has 4 heteroatoms. The van der Waals surface area contributed by atoms with Gasteiger partial charge in [0.1, 0.15) is 0 Å². The lowest BCUT2D eigenvalue weighted by atomic mass is 10.1. The largest absolute Gasteiger partial charge is 0.478 e. The first-order chi connectivity index (χ1) is 10.6. The van der Waals surface area contributed by atoms with E-state index in [9.17, 15) is 9.90 Å². The van der Waals surface area contributed by atoms with E-state index in [1.807, 2.05) is 25.1 Å². The Bertz CT molecular complexity index is 641. The Balaban J connectivity index is 2.34. The number of anilines is 1. The summed E-state index contributed by atoms with van der Waals surface area (Å²) in [6.45, 7) is 4.95. The molecular weight excluding hydrogens is 294 g/mol. The molecule has 0 fully saturated rings. The van der Waals surface area contributed by atoms with E-state index in [0.29, 0.717) is 5.56 Å². The summed E-state index contributed by atoms with van der Waals surface area (Å²) in [7, 11) is 0. The van der Waals surface area contributed by atoms with Crippen LogP contribution in [0.1, 0.15) is 35.7 Å². The summed E-state index contributed by atoms with van der Waals surface area (Å²) in [5, 5.41) is 12.6. The Morgan fingerprint density at radius 1 is 1.23 bits per heavy atom. The summed E-state index contributed by atoms with van der Waals surface area (Å²) < 4.78 is 0. The summed E-state index contributed by atoms with van der Waals surface area (Å²) in [6, 6.07) is 13.6. The zero-order valence-corrected chi connectivity index (χ0v) is 13.7. The normalized spacial score (nSPS) is 10.5. The van der Waals surface area contributed by atoms with E-state index in [1.54, 1.807) is 23.9 Å². The molecule has 0 unspecified atom stereocenters. The molecule has 2 aromatic rings. The van der Waals surface area contributed by atoms with Crippen LogP contribution in [0.4, 0.5) is 5.69 Å². The number of carboxylic acids is 1. The highest BCUT2D eigenvalue weighted by Crippen LogP contribution is 2.37. The van der Waals surface area contributed by atoms with Gasteiger partial charge in [0.05, 0.1) is 5.56 Å². The smallest absolute Gasteiger partial charge is 0.335 e. The molecule has 0 aliphatic carbocycles. The minimum atomic E-state index is -0.891. The predicted molar refractivity (Wildman–Crippen MR) is 92.1 cm³/mol. The van der Waals surface area contributed by atoms with Gasteiger partial charge in [0.2, 0.25) is 0 Å². The molecule has 0 saturated heterocycles. The number of unbranched alkanes of at least 4 members (excludes halogenated alkanes) is 1. The SMILES string of the molecule is CCCCNc1cc(C(=O)O)cc(C)c1Sc1ccccc1. The average Bonchev–Trinajstić information content (AvgIpc) is 2.51. The minimum absolute atomic E-state index is 0.328. The maximum Gasteiger partial charge on any atom is 0.335 e. The number of nitrogens with one attached hydrogen (secondary N) is 1. The predicted octanol–water partition coefficient (Wildman–Crippen LogP) is 5.06. The number of aryl methyl sites for hydroxylation is 1. The van der Waals surface area contributed by atoms with Crippen molar-refractivity contribution in [3.63, 3.8) is 0 Å². The first kappa shape index (κ1) is 16.4.